The van der Waals surface area contributed by atoms with Gasteiger partial charge in [-0.25, -0.2) is 9.97 Å². The van der Waals surface area contributed by atoms with Gasteiger partial charge in [0, 0.05) is 11.4 Å². The Morgan fingerprint density at radius 3 is 2.71 bits per heavy atom. The molecule has 3 heterocycles. The first-order valence-electron chi connectivity index (χ1n) is 10.5. The summed E-state index contributed by atoms with van der Waals surface area (Å²) in [6.45, 7) is 0.751. The zero-order valence-electron chi connectivity index (χ0n) is 17.9. The molecule has 1 aliphatic carbocycles. The molecule has 0 spiro atoms. The number of thiophene rings is 1. The van der Waals surface area contributed by atoms with E-state index in [0.717, 1.165) is 53.0 Å². The molecule has 0 N–H and O–H groups in total. The number of esters is 1. The summed E-state index contributed by atoms with van der Waals surface area (Å²) in [5.41, 5.74) is 3.59. The summed E-state index contributed by atoms with van der Waals surface area (Å²) in [6.07, 6.45) is 6.05. The van der Waals surface area contributed by atoms with Gasteiger partial charge in [0.25, 0.3) is 0 Å². The van der Waals surface area contributed by atoms with Crippen molar-refractivity contribution in [2.45, 2.75) is 38.1 Å². The van der Waals surface area contributed by atoms with Crippen molar-refractivity contribution >= 4 is 33.3 Å². The Kier molecular flexibility index (Phi) is 5.17. The monoisotopic (exact) mass is 439 g/mol. The highest BCUT2D eigenvalue weighted by atomic mass is 32.1. The molecule has 31 heavy (non-hydrogen) atoms. The Bertz CT molecular complexity index is 1160. The van der Waals surface area contributed by atoms with E-state index in [1.807, 2.05) is 12.1 Å². The van der Waals surface area contributed by atoms with Crippen LogP contribution in [0.4, 0.5) is 5.82 Å². The van der Waals surface area contributed by atoms with Crippen molar-refractivity contribution in [1.82, 2.24) is 9.97 Å². The highest BCUT2D eigenvalue weighted by molar-refractivity contribution is 7.19. The lowest BCUT2D eigenvalue weighted by molar-refractivity contribution is -0.141. The number of fused-ring (bicyclic) bond motifs is 4. The van der Waals surface area contributed by atoms with Crippen molar-refractivity contribution in [3.63, 3.8) is 0 Å². The van der Waals surface area contributed by atoms with Gasteiger partial charge in [-0.15, -0.1) is 11.3 Å². The molecular weight excluding hydrogens is 414 g/mol. The minimum atomic E-state index is -0.251. The van der Waals surface area contributed by atoms with E-state index >= 15 is 0 Å². The van der Waals surface area contributed by atoms with E-state index in [0.29, 0.717) is 11.5 Å². The predicted molar refractivity (Wildman–Crippen MR) is 119 cm³/mol. The summed E-state index contributed by atoms with van der Waals surface area (Å²) in [5, 5.41) is 1.15. The van der Waals surface area contributed by atoms with Crippen molar-refractivity contribution in [3.05, 3.63) is 40.0 Å². The van der Waals surface area contributed by atoms with E-state index < -0.39 is 0 Å². The zero-order valence-corrected chi connectivity index (χ0v) is 18.8. The SMILES string of the molecule is COC(=O)CC1c2cc(OC)c(OC)cc2CCN1c1ncnc2sc3c(c12)CCC3. The van der Waals surface area contributed by atoms with Crippen molar-refractivity contribution in [2.24, 2.45) is 0 Å². The molecule has 0 saturated heterocycles. The molecule has 0 fully saturated rings. The first kappa shape index (κ1) is 20.1. The second-order valence-electron chi connectivity index (χ2n) is 7.88. The number of hydrogen-bond acceptors (Lipinski definition) is 8. The summed E-state index contributed by atoms with van der Waals surface area (Å²) in [6, 6.07) is 3.81. The van der Waals surface area contributed by atoms with Crippen molar-refractivity contribution < 1.29 is 19.0 Å². The Morgan fingerprint density at radius 1 is 1.13 bits per heavy atom. The Morgan fingerprint density at radius 2 is 1.94 bits per heavy atom. The van der Waals surface area contributed by atoms with Gasteiger partial charge < -0.3 is 19.1 Å². The van der Waals surface area contributed by atoms with E-state index in [-0.39, 0.29) is 18.4 Å². The number of nitrogens with zero attached hydrogens (tertiary/aromatic N) is 3. The second-order valence-corrected chi connectivity index (χ2v) is 8.96. The van der Waals surface area contributed by atoms with Crippen LogP contribution in [0.2, 0.25) is 0 Å². The summed E-state index contributed by atoms with van der Waals surface area (Å²) in [5.74, 6) is 2.02. The number of aromatic nitrogens is 2. The number of methoxy groups -OCH3 is 3. The standard InChI is InChI=1S/C23H25N3O4S/c1-28-17-9-13-7-8-26(16(11-20(27)30-3)15(13)10-18(17)29-2)22-21-14-5-4-6-19(14)31-23(21)25-12-24-22/h9-10,12,16H,4-8,11H2,1-3H3. The third kappa shape index (κ3) is 3.29. The topological polar surface area (TPSA) is 73.8 Å². The highest BCUT2D eigenvalue weighted by Gasteiger charge is 2.34. The van der Waals surface area contributed by atoms with Crippen LogP contribution in [0, 0.1) is 0 Å². The Labute approximate surface area is 185 Å². The minimum absolute atomic E-state index is 0.203. The van der Waals surface area contributed by atoms with Crippen LogP contribution in [-0.4, -0.2) is 43.8 Å². The van der Waals surface area contributed by atoms with Gasteiger partial charge in [-0.05, 0) is 54.5 Å². The minimum Gasteiger partial charge on any atom is -0.493 e. The number of hydrogen-bond donors (Lipinski definition) is 0. The number of carbonyl (C=O) groups is 1. The molecule has 1 atom stereocenters. The molecule has 1 aliphatic heterocycles. The molecule has 3 aromatic rings. The van der Waals surface area contributed by atoms with Crippen molar-refractivity contribution in [3.8, 4) is 11.5 Å². The fourth-order valence-corrected chi connectivity index (χ4v) is 6.10. The van der Waals surface area contributed by atoms with Crippen LogP contribution in [0.5, 0.6) is 11.5 Å². The largest absolute Gasteiger partial charge is 0.493 e. The zero-order chi connectivity index (χ0) is 21.5. The average Bonchev–Trinajstić information content (AvgIpc) is 3.39. The van der Waals surface area contributed by atoms with Crippen LogP contribution in [-0.2, 0) is 28.8 Å². The van der Waals surface area contributed by atoms with Crippen LogP contribution < -0.4 is 14.4 Å². The molecule has 5 rings (SSSR count). The number of anilines is 1. The van der Waals surface area contributed by atoms with Crippen molar-refractivity contribution in [1.29, 1.82) is 0 Å². The number of carbonyl (C=O) groups excluding carboxylic acids is 1. The molecule has 1 aromatic carbocycles. The van der Waals surface area contributed by atoms with Gasteiger partial charge >= 0.3 is 5.97 Å². The fourth-order valence-electron chi connectivity index (χ4n) is 4.87. The van der Waals surface area contributed by atoms with Gasteiger partial charge in [-0.2, -0.15) is 0 Å². The second kappa shape index (κ2) is 8.00. The van der Waals surface area contributed by atoms with Gasteiger partial charge in [-0.3, -0.25) is 4.79 Å². The molecule has 1 unspecified atom stereocenters. The molecule has 8 heteroatoms. The molecule has 0 radical (unpaired) electrons. The predicted octanol–water partition coefficient (Wildman–Crippen LogP) is 3.86. The van der Waals surface area contributed by atoms with Gasteiger partial charge in [-0.1, -0.05) is 0 Å². The molecule has 0 bridgehead atoms. The molecule has 162 valence electrons. The normalized spacial score (nSPS) is 17.4. The summed E-state index contributed by atoms with van der Waals surface area (Å²) < 4.78 is 16.1. The number of rotatable bonds is 5. The van der Waals surface area contributed by atoms with Crippen LogP contribution >= 0.6 is 11.3 Å². The van der Waals surface area contributed by atoms with Crippen LogP contribution in [0.1, 0.15) is 40.5 Å². The van der Waals surface area contributed by atoms with Crippen LogP contribution in [0.25, 0.3) is 10.2 Å². The fraction of sp³-hybridized carbons (Fsp3) is 0.435. The maximum absolute atomic E-state index is 12.4. The lowest BCUT2D eigenvalue weighted by atomic mass is 9.89. The first-order valence-corrected chi connectivity index (χ1v) is 11.3. The Balaban J connectivity index is 1.66. The molecule has 7 nitrogen and oxygen atoms in total. The van der Waals surface area contributed by atoms with Crippen LogP contribution in [0.3, 0.4) is 0 Å². The number of aryl methyl sites for hydroxylation is 2. The molecular formula is C23H25N3O4S. The smallest absolute Gasteiger partial charge is 0.307 e. The summed E-state index contributed by atoms with van der Waals surface area (Å²) in [4.78, 5) is 26.4. The van der Waals surface area contributed by atoms with Crippen molar-refractivity contribution in [2.75, 3.05) is 32.8 Å². The number of ether oxygens (including phenoxy) is 3. The molecule has 2 aliphatic rings. The van der Waals surface area contributed by atoms with Gasteiger partial charge in [0.05, 0.1) is 39.2 Å². The van der Waals surface area contributed by atoms with E-state index in [9.17, 15) is 4.79 Å². The highest BCUT2D eigenvalue weighted by Crippen LogP contribution is 2.45. The lowest BCUT2D eigenvalue weighted by Gasteiger charge is -2.38. The average molecular weight is 440 g/mol. The van der Waals surface area contributed by atoms with E-state index in [4.69, 9.17) is 19.2 Å². The van der Waals surface area contributed by atoms with Gasteiger partial charge in [0.15, 0.2) is 11.5 Å². The Hall–Kier alpha value is -2.87. The molecule has 2 aromatic heterocycles. The van der Waals surface area contributed by atoms with Gasteiger partial charge in [0.2, 0.25) is 0 Å². The summed E-state index contributed by atoms with van der Waals surface area (Å²) >= 11 is 1.77. The number of benzene rings is 1. The van der Waals surface area contributed by atoms with Gasteiger partial charge in [0.1, 0.15) is 17.0 Å². The van der Waals surface area contributed by atoms with E-state index in [1.165, 1.54) is 24.0 Å². The maximum atomic E-state index is 12.4. The van der Waals surface area contributed by atoms with Crippen LogP contribution in [0.15, 0.2) is 18.5 Å². The maximum Gasteiger partial charge on any atom is 0.307 e. The quantitative estimate of drug-likeness (QED) is 0.559. The van der Waals surface area contributed by atoms with E-state index in [1.54, 1.807) is 31.9 Å². The lowest BCUT2D eigenvalue weighted by Crippen LogP contribution is -2.37. The molecule has 0 saturated carbocycles. The third-order valence-electron chi connectivity index (χ3n) is 6.34. The van der Waals surface area contributed by atoms with E-state index in [2.05, 4.69) is 9.88 Å². The molecule has 0 amide bonds. The first-order chi connectivity index (χ1) is 15.1. The summed E-state index contributed by atoms with van der Waals surface area (Å²) in [7, 11) is 4.70. The third-order valence-corrected chi connectivity index (χ3v) is 7.54.